The number of amides is 1. The highest BCUT2D eigenvalue weighted by Gasteiger charge is 2.15. The van der Waals surface area contributed by atoms with E-state index in [2.05, 4.69) is 20.6 Å². The molecule has 4 rings (SSSR count). The van der Waals surface area contributed by atoms with Crippen molar-refractivity contribution in [2.45, 2.75) is 18.6 Å². The Balaban J connectivity index is 1.40. The van der Waals surface area contributed by atoms with Gasteiger partial charge in [0.25, 0.3) is 0 Å². The number of aromatic nitrogens is 5. The fraction of sp³-hybridized carbons (Fsp3) is 0.182. The summed E-state index contributed by atoms with van der Waals surface area (Å²) in [6.45, 7) is 2.51. The smallest absolute Gasteiger partial charge is 0.235 e. The Labute approximate surface area is 189 Å². The van der Waals surface area contributed by atoms with Gasteiger partial charge in [-0.1, -0.05) is 65.8 Å². The number of nitrogens with zero attached hydrogens (tertiary/aromatic N) is 5. The lowest BCUT2D eigenvalue weighted by atomic mass is 10.1. The van der Waals surface area contributed by atoms with Crippen LogP contribution in [0, 0.1) is 6.92 Å². The zero-order chi connectivity index (χ0) is 21.8. The third-order valence-corrected chi connectivity index (χ3v) is 6.20. The standard InChI is InChI=1S/C22H21ClN6OS/c1-15-7-3-5-9-17(15)21-26-27-22(28(21)2)31-14-20(30)25-19-11-12-24-29(19)13-16-8-4-6-10-18(16)23/h3-12H,13-14H2,1-2H3,(H,25,30). The quantitative estimate of drug-likeness (QED) is 0.420. The maximum atomic E-state index is 12.5. The van der Waals surface area contributed by atoms with E-state index in [1.54, 1.807) is 16.9 Å². The molecule has 0 spiro atoms. The minimum absolute atomic E-state index is 0.147. The van der Waals surface area contributed by atoms with Gasteiger partial charge in [-0.15, -0.1) is 10.2 Å². The number of carbonyl (C=O) groups is 1. The number of anilines is 1. The number of halogens is 1. The van der Waals surface area contributed by atoms with Gasteiger partial charge in [-0.3, -0.25) is 4.79 Å². The number of nitrogens with one attached hydrogen (secondary N) is 1. The van der Waals surface area contributed by atoms with Crippen LogP contribution in [0.3, 0.4) is 0 Å². The molecule has 2 heterocycles. The Morgan fingerprint density at radius 3 is 2.68 bits per heavy atom. The van der Waals surface area contributed by atoms with Gasteiger partial charge < -0.3 is 9.88 Å². The number of benzene rings is 2. The maximum absolute atomic E-state index is 12.5. The second kappa shape index (κ2) is 9.36. The van der Waals surface area contributed by atoms with E-state index in [0.717, 1.165) is 22.5 Å². The molecule has 31 heavy (non-hydrogen) atoms. The van der Waals surface area contributed by atoms with Crippen molar-refractivity contribution in [1.82, 2.24) is 24.5 Å². The van der Waals surface area contributed by atoms with Gasteiger partial charge in [-0.2, -0.15) is 5.10 Å². The average Bonchev–Trinajstić information content (AvgIpc) is 3.35. The summed E-state index contributed by atoms with van der Waals surface area (Å²) in [7, 11) is 1.90. The zero-order valence-electron chi connectivity index (χ0n) is 17.1. The number of hydrogen-bond donors (Lipinski definition) is 1. The van der Waals surface area contributed by atoms with Crippen LogP contribution in [0.15, 0.2) is 66.0 Å². The Morgan fingerprint density at radius 2 is 1.87 bits per heavy atom. The Bertz CT molecular complexity index is 1220. The van der Waals surface area contributed by atoms with Crippen LogP contribution in [0.5, 0.6) is 0 Å². The molecule has 0 bridgehead atoms. The number of carbonyl (C=O) groups excluding carboxylic acids is 1. The highest BCUT2D eigenvalue weighted by Crippen LogP contribution is 2.25. The molecule has 0 saturated carbocycles. The first-order chi connectivity index (χ1) is 15.0. The summed E-state index contributed by atoms with van der Waals surface area (Å²) in [6, 6.07) is 17.4. The lowest BCUT2D eigenvalue weighted by Crippen LogP contribution is -2.18. The number of thioether (sulfide) groups is 1. The van der Waals surface area contributed by atoms with Crippen molar-refractivity contribution in [3.63, 3.8) is 0 Å². The molecule has 0 atom stereocenters. The monoisotopic (exact) mass is 452 g/mol. The fourth-order valence-corrected chi connectivity index (χ4v) is 4.07. The molecule has 0 saturated heterocycles. The minimum Gasteiger partial charge on any atom is -0.310 e. The van der Waals surface area contributed by atoms with Crippen molar-refractivity contribution in [3.05, 3.63) is 76.9 Å². The minimum atomic E-state index is -0.147. The zero-order valence-corrected chi connectivity index (χ0v) is 18.7. The van der Waals surface area contributed by atoms with E-state index in [9.17, 15) is 4.79 Å². The van der Waals surface area contributed by atoms with Crippen LogP contribution < -0.4 is 5.32 Å². The molecule has 0 unspecified atom stereocenters. The predicted molar refractivity (Wildman–Crippen MR) is 123 cm³/mol. The number of aryl methyl sites for hydroxylation is 1. The molecule has 7 nitrogen and oxygen atoms in total. The molecule has 0 aliphatic heterocycles. The summed E-state index contributed by atoms with van der Waals surface area (Å²) in [5, 5.41) is 17.1. The van der Waals surface area contributed by atoms with Crippen molar-refractivity contribution < 1.29 is 4.79 Å². The molecule has 158 valence electrons. The largest absolute Gasteiger partial charge is 0.310 e. The lowest BCUT2D eigenvalue weighted by molar-refractivity contribution is -0.113. The molecule has 1 N–H and O–H groups in total. The van der Waals surface area contributed by atoms with Gasteiger partial charge in [-0.25, -0.2) is 4.68 Å². The van der Waals surface area contributed by atoms with Crippen LogP contribution in [0.2, 0.25) is 5.02 Å². The van der Waals surface area contributed by atoms with Crippen LogP contribution in [0.25, 0.3) is 11.4 Å². The third kappa shape index (κ3) is 4.81. The predicted octanol–water partition coefficient (Wildman–Crippen LogP) is 4.42. The molecule has 1 amide bonds. The van der Waals surface area contributed by atoms with E-state index in [-0.39, 0.29) is 11.7 Å². The summed E-state index contributed by atoms with van der Waals surface area (Å²) in [5.74, 6) is 1.45. The van der Waals surface area contributed by atoms with E-state index in [0.29, 0.717) is 22.5 Å². The summed E-state index contributed by atoms with van der Waals surface area (Å²) in [6.07, 6.45) is 1.65. The molecule has 0 aliphatic carbocycles. The van der Waals surface area contributed by atoms with E-state index < -0.39 is 0 Å². The van der Waals surface area contributed by atoms with Crippen molar-refractivity contribution >= 4 is 35.1 Å². The van der Waals surface area contributed by atoms with Gasteiger partial charge in [0.15, 0.2) is 11.0 Å². The van der Waals surface area contributed by atoms with Crippen LogP contribution in [0.4, 0.5) is 5.82 Å². The molecule has 2 aromatic heterocycles. The Morgan fingerprint density at radius 1 is 1.10 bits per heavy atom. The van der Waals surface area contributed by atoms with E-state index in [4.69, 9.17) is 11.6 Å². The third-order valence-electron chi connectivity index (χ3n) is 4.82. The van der Waals surface area contributed by atoms with Crippen LogP contribution in [-0.4, -0.2) is 36.2 Å². The molecule has 2 aromatic carbocycles. The van der Waals surface area contributed by atoms with E-state index in [1.165, 1.54) is 11.8 Å². The van der Waals surface area contributed by atoms with Gasteiger partial charge in [-0.05, 0) is 24.1 Å². The lowest BCUT2D eigenvalue weighted by Gasteiger charge is -2.10. The first-order valence-corrected chi connectivity index (χ1v) is 11.0. The van der Waals surface area contributed by atoms with Crippen molar-refractivity contribution in [3.8, 4) is 11.4 Å². The van der Waals surface area contributed by atoms with E-state index in [1.807, 2.05) is 67.1 Å². The highest BCUT2D eigenvalue weighted by molar-refractivity contribution is 7.99. The van der Waals surface area contributed by atoms with E-state index >= 15 is 0 Å². The SMILES string of the molecule is Cc1ccccc1-c1nnc(SCC(=O)Nc2ccnn2Cc2ccccc2Cl)n1C. The van der Waals surface area contributed by atoms with Gasteiger partial charge in [0, 0.05) is 23.7 Å². The molecule has 0 radical (unpaired) electrons. The molecule has 4 aromatic rings. The topological polar surface area (TPSA) is 77.6 Å². The number of rotatable bonds is 7. The normalized spacial score (nSPS) is 10.9. The van der Waals surface area contributed by atoms with Gasteiger partial charge in [0.05, 0.1) is 18.5 Å². The van der Waals surface area contributed by atoms with Crippen LogP contribution in [0.1, 0.15) is 11.1 Å². The summed E-state index contributed by atoms with van der Waals surface area (Å²) >= 11 is 7.58. The Kier molecular flexibility index (Phi) is 6.39. The molecule has 0 fully saturated rings. The van der Waals surface area contributed by atoms with Gasteiger partial charge >= 0.3 is 0 Å². The molecular weight excluding hydrogens is 432 g/mol. The molecule has 0 aliphatic rings. The second-order valence-corrected chi connectivity index (χ2v) is 8.33. The first kappa shape index (κ1) is 21.1. The van der Waals surface area contributed by atoms with Crippen LogP contribution >= 0.6 is 23.4 Å². The summed E-state index contributed by atoms with van der Waals surface area (Å²) in [5.41, 5.74) is 3.08. The number of hydrogen-bond acceptors (Lipinski definition) is 5. The summed E-state index contributed by atoms with van der Waals surface area (Å²) < 4.78 is 3.62. The highest BCUT2D eigenvalue weighted by atomic mass is 35.5. The Hall–Kier alpha value is -3.10. The first-order valence-electron chi connectivity index (χ1n) is 9.66. The van der Waals surface area contributed by atoms with Gasteiger partial charge in [0.1, 0.15) is 5.82 Å². The van der Waals surface area contributed by atoms with Crippen LogP contribution in [-0.2, 0) is 18.4 Å². The second-order valence-electron chi connectivity index (χ2n) is 6.98. The van der Waals surface area contributed by atoms with Crippen molar-refractivity contribution in [1.29, 1.82) is 0 Å². The average molecular weight is 453 g/mol. The summed E-state index contributed by atoms with van der Waals surface area (Å²) in [4.78, 5) is 12.5. The van der Waals surface area contributed by atoms with Gasteiger partial charge in [0.2, 0.25) is 5.91 Å². The fourth-order valence-electron chi connectivity index (χ4n) is 3.16. The van der Waals surface area contributed by atoms with Crippen molar-refractivity contribution in [2.24, 2.45) is 7.05 Å². The molecule has 9 heteroatoms. The maximum Gasteiger partial charge on any atom is 0.235 e. The molecular formula is C22H21ClN6OS. The van der Waals surface area contributed by atoms with Crippen molar-refractivity contribution in [2.75, 3.05) is 11.1 Å².